The van der Waals surface area contributed by atoms with Crippen LogP contribution in [0.3, 0.4) is 0 Å². The molecule has 4 N–H and O–H groups in total. The number of hydrogen-bond donors (Lipinski definition) is 3. The van der Waals surface area contributed by atoms with Crippen LogP contribution in [0, 0.1) is 13.8 Å². The van der Waals surface area contributed by atoms with Gasteiger partial charge in [-0.15, -0.1) is 0 Å². The van der Waals surface area contributed by atoms with Crippen molar-refractivity contribution in [3.05, 3.63) is 87.5 Å². The number of hydrogen-bond acceptors (Lipinski definition) is 5. The molecule has 3 aromatic carbocycles. The molecule has 3 aromatic rings. The summed E-state index contributed by atoms with van der Waals surface area (Å²) < 4.78 is 6.15. The Morgan fingerprint density at radius 1 is 1.17 bits per heavy atom. The van der Waals surface area contributed by atoms with E-state index in [0.717, 1.165) is 54.2 Å². The molecule has 1 atom stereocenters. The summed E-state index contributed by atoms with van der Waals surface area (Å²) in [4.78, 5) is 14.3. The first kappa shape index (κ1) is 25.6. The zero-order valence-electron chi connectivity index (χ0n) is 21.7. The Morgan fingerprint density at radius 3 is 2.69 bits per heavy atom. The molecule has 0 saturated carbocycles. The molecule has 6 heteroatoms. The summed E-state index contributed by atoms with van der Waals surface area (Å²) in [6.07, 6.45) is 0.959. The third-order valence-corrected chi connectivity index (χ3v) is 7.36. The molecule has 36 heavy (non-hydrogen) atoms. The van der Waals surface area contributed by atoms with E-state index in [1.807, 2.05) is 26.1 Å². The first-order valence-electron chi connectivity index (χ1n) is 12.7. The largest absolute Gasteiger partial charge is 0.492 e. The lowest BCUT2D eigenvalue weighted by atomic mass is 9.84. The number of nitrogens with one attached hydrogen (secondary N) is 1. The molecular weight excluding hydrogens is 450 g/mol. The van der Waals surface area contributed by atoms with Crippen LogP contribution in [0.1, 0.15) is 58.2 Å². The Labute approximate surface area is 214 Å². The number of nitrogens with zero attached hydrogens (tertiary/aromatic N) is 1. The monoisotopic (exact) mass is 487 g/mol. The van der Waals surface area contributed by atoms with Crippen LogP contribution in [0.2, 0.25) is 0 Å². The van der Waals surface area contributed by atoms with Crippen molar-refractivity contribution in [3.8, 4) is 5.75 Å². The van der Waals surface area contributed by atoms with Crippen molar-refractivity contribution in [2.45, 2.75) is 52.6 Å². The average Bonchev–Trinajstić information content (AvgIpc) is 3.07. The lowest BCUT2D eigenvalue weighted by Gasteiger charge is -2.24. The number of para-hydroxylation sites is 1. The minimum Gasteiger partial charge on any atom is -0.492 e. The molecule has 0 bridgehead atoms. The topological polar surface area (TPSA) is 87.8 Å². The van der Waals surface area contributed by atoms with E-state index >= 15 is 0 Å². The summed E-state index contributed by atoms with van der Waals surface area (Å²) >= 11 is 0. The van der Waals surface area contributed by atoms with E-state index in [2.05, 4.69) is 60.5 Å². The minimum atomic E-state index is -0.828. The zero-order chi connectivity index (χ0) is 25.8. The quantitative estimate of drug-likeness (QED) is 0.364. The molecule has 190 valence electrons. The Kier molecular flexibility index (Phi) is 7.85. The molecule has 6 nitrogen and oxygen atoms in total. The van der Waals surface area contributed by atoms with Gasteiger partial charge in [-0.25, -0.2) is 0 Å². The van der Waals surface area contributed by atoms with E-state index < -0.39 is 5.97 Å². The molecule has 0 fully saturated rings. The van der Waals surface area contributed by atoms with E-state index in [1.165, 1.54) is 22.3 Å². The molecule has 0 aromatic heterocycles. The highest BCUT2D eigenvalue weighted by Gasteiger charge is 2.23. The molecule has 1 unspecified atom stereocenters. The molecule has 0 amide bonds. The summed E-state index contributed by atoms with van der Waals surface area (Å²) in [5.74, 6) is -0.0753. The second kappa shape index (κ2) is 11.0. The van der Waals surface area contributed by atoms with Crippen molar-refractivity contribution in [3.63, 3.8) is 0 Å². The van der Waals surface area contributed by atoms with Crippen molar-refractivity contribution in [2.24, 2.45) is 0 Å². The van der Waals surface area contributed by atoms with Gasteiger partial charge in [0.25, 0.3) is 0 Å². The van der Waals surface area contributed by atoms with Crippen molar-refractivity contribution in [1.29, 1.82) is 0 Å². The van der Waals surface area contributed by atoms with E-state index in [4.69, 9.17) is 10.5 Å². The predicted octanol–water partition coefficient (Wildman–Crippen LogP) is 5.49. The molecule has 1 aliphatic heterocycles. The summed E-state index contributed by atoms with van der Waals surface area (Å²) in [5, 5.41) is 12.9. The molecule has 0 aliphatic carbocycles. The van der Waals surface area contributed by atoms with Crippen LogP contribution in [0.15, 0.2) is 48.5 Å². The molecule has 0 saturated heterocycles. The van der Waals surface area contributed by atoms with Gasteiger partial charge < -0.3 is 20.9 Å². The number of nitrogens with two attached hydrogens (primary N) is 1. The van der Waals surface area contributed by atoms with Gasteiger partial charge in [0.1, 0.15) is 12.4 Å². The lowest BCUT2D eigenvalue weighted by Crippen LogP contribution is -2.25. The number of aliphatic carboxylic acids is 1. The highest BCUT2D eigenvalue weighted by molar-refractivity contribution is 5.74. The number of anilines is 2. The second-order valence-electron chi connectivity index (χ2n) is 9.65. The number of fused-ring (bicyclic) bond motifs is 1. The number of rotatable bonds is 8. The van der Waals surface area contributed by atoms with Crippen molar-refractivity contribution in [2.75, 3.05) is 31.2 Å². The Balaban J connectivity index is 1.66. The molecule has 0 radical (unpaired) electrons. The van der Waals surface area contributed by atoms with Gasteiger partial charge in [0.15, 0.2) is 0 Å². The molecule has 4 rings (SSSR count). The number of carboxylic acid groups (broad SMARTS) is 1. The van der Waals surface area contributed by atoms with Gasteiger partial charge in [0, 0.05) is 38.2 Å². The molecule has 0 spiro atoms. The summed E-state index contributed by atoms with van der Waals surface area (Å²) in [7, 11) is 1.83. The summed E-state index contributed by atoms with van der Waals surface area (Å²) in [6, 6.07) is 16.7. The highest BCUT2D eigenvalue weighted by atomic mass is 16.5. The van der Waals surface area contributed by atoms with Gasteiger partial charge in [0.2, 0.25) is 0 Å². The van der Waals surface area contributed by atoms with E-state index in [1.54, 1.807) is 0 Å². The number of ether oxygens (including phenoxy) is 1. The van der Waals surface area contributed by atoms with Gasteiger partial charge in [-0.1, -0.05) is 49.4 Å². The molecule has 1 aliphatic rings. The number of benzene rings is 3. The van der Waals surface area contributed by atoms with E-state index in [0.29, 0.717) is 12.3 Å². The fourth-order valence-corrected chi connectivity index (χ4v) is 5.20. The molecule has 1 heterocycles. The fourth-order valence-electron chi connectivity index (χ4n) is 5.20. The van der Waals surface area contributed by atoms with Gasteiger partial charge in [0.05, 0.1) is 17.8 Å². The standard InChI is InChI=1S/C30H37N3O3/c1-5-21-7-6-8-23-17-33(13-14-36-30(21)23)18-24-15-22(10-9-19(24)2)26(16-28(34)35)25-11-12-27(32-4)29(31)20(25)3/h6-12,15,26,32H,5,13-14,16-18,31H2,1-4H3,(H,34,35). The third kappa shape index (κ3) is 5.34. The smallest absolute Gasteiger partial charge is 0.304 e. The first-order chi connectivity index (χ1) is 17.3. The maximum absolute atomic E-state index is 11.9. The minimum absolute atomic E-state index is 0.00635. The van der Waals surface area contributed by atoms with Crippen LogP contribution < -0.4 is 15.8 Å². The number of nitrogen functional groups attached to an aromatic ring is 1. The van der Waals surface area contributed by atoms with Gasteiger partial charge in [-0.3, -0.25) is 9.69 Å². The fraction of sp³-hybridized carbons (Fsp3) is 0.367. The van der Waals surface area contributed by atoms with E-state index in [9.17, 15) is 9.90 Å². The van der Waals surface area contributed by atoms with Crippen LogP contribution >= 0.6 is 0 Å². The predicted molar refractivity (Wildman–Crippen MR) is 146 cm³/mol. The van der Waals surface area contributed by atoms with Crippen molar-refractivity contribution < 1.29 is 14.6 Å². The maximum atomic E-state index is 11.9. The zero-order valence-corrected chi connectivity index (χ0v) is 21.7. The lowest BCUT2D eigenvalue weighted by molar-refractivity contribution is -0.137. The average molecular weight is 488 g/mol. The number of carbonyl (C=O) groups is 1. The Morgan fingerprint density at radius 2 is 1.97 bits per heavy atom. The van der Waals surface area contributed by atoms with Crippen LogP contribution in [0.4, 0.5) is 11.4 Å². The van der Waals surface area contributed by atoms with Gasteiger partial charge in [-0.05, 0) is 59.7 Å². The maximum Gasteiger partial charge on any atom is 0.304 e. The Hall–Kier alpha value is -3.51. The highest BCUT2D eigenvalue weighted by Crippen LogP contribution is 2.36. The number of aryl methyl sites for hydroxylation is 2. The van der Waals surface area contributed by atoms with Crippen molar-refractivity contribution in [1.82, 2.24) is 4.90 Å². The van der Waals surface area contributed by atoms with Crippen molar-refractivity contribution >= 4 is 17.3 Å². The SMILES string of the molecule is CCc1cccc2c1OCCN(Cc1cc(C(CC(=O)O)c3ccc(NC)c(N)c3C)ccc1C)C2. The van der Waals surface area contributed by atoms with Crippen LogP contribution in [-0.4, -0.2) is 36.2 Å². The van der Waals surface area contributed by atoms with Crippen LogP contribution in [-0.2, 0) is 24.3 Å². The second-order valence-corrected chi connectivity index (χ2v) is 9.65. The summed E-state index contributed by atoms with van der Waals surface area (Å²) in [5.41, 5.74) is 15.6. The third-order valence-electron chi connectivity index (χ3n) is 7.36. The number of carboxylic acids is 1. The normalized spacial score (nSPS) is 14.4. The van der Waals surface area contributed by atoms with Gasteiger partial charge >= 0.3 is 5.97 Å². The van der Waals surface area contributed by atoms with E-state index in [-0.39, 0.29) is 12.3 Å². The first-order valence-corrected chi connectivity index (χ1v) is 12.7. The van der Waals surface area contributed by atoms with Crippen LogP contribution in [0.5, 0.6) is 5.75 Å². The van der Waals surface area contributed by atoms with Crippen LogP contribution in [0.25, 0.3) is 0 Å². The molecular formula is C30H37N3O3. The summed E-state index contributed by atoms with van der Waals surface area (Å²) in [6.45, 7) is 9.33. The van der Waals surface area contributed by atoms with Gasteiger partial charge in [-0.2, -0.15) is 0 Å². The Bertz CT molecular complexity index is 1250.